The molecule has 0 aliphatic heterocycles. The number of nitrogens with one attached hydrogen (secondary N) is 1. The first-order valence-corrected chi connectivity index (χ1v) is 5.31. The number of rotatable bonds is 3. The van der Waals surface area contributed by atoms with Gasteiger partial charge in [-0.05, 0) is 31.2 Å². The highest BCUT2D eigenvalue weighted by atomic mass is 15.0. The lowest BCUT2D eigenvalue weighted by atomic mass is 10.2. The molecule has 0 fully saturated rings. The molecule has 0 saturated heterocycles. The first-order chi connectivity index (χ1) is 8.29. The molecular weight excluding hydrogens is 212 g/mol. The first-order valence-electron chi connectivity index (χ1n) is 5.31. The van der Waals surface area contributed by atoms with E-state index >= 15 is 0 Å². The number of nitriles is 1. The quantitative estimate of drug-likeness (QED) is 0.868. The van der Waals surface area contributed by atoms with Crippen LogP contribution in [0, 0.1) is 18.3 Å². The van der Waals surface area contributed by atoms with Gasteiger partial charge >= 0.3 is 0 Å². The molecule has 0 aliphatic carbocycles. The highest BCUT2D eigenvalue weighted by Crippen LogP contribution is 2.12. The molecule has 0 spiro atoms. The van der Waals surface area contributed by atoms with Crippen molar-refractivity contribution in [2.24, 2.45) is 0 Å². The monoisotopic (exact) mass is 224 g/mol. The van der Waals surface area contributed by atoms with Crippen LogP contribution in [0.4, 0.5) is 5.82 Å². The van der Waals surface area contributed by atoms with Crippen LogP contribution in [-0.2, 0) is 6.54 Å². The molecule has 0 saturated carbocycles. The molecule has 0 atom stereocenters. The second kappa shape index (κ2) is 5.08. The van der Waals surface area contributed by atoms with Crippen molar-refractivity contribution in [3.05, 3.63) is 53.5 Å². The second-order valence-electron chi connectivity index (χ2n) is 3.64. The Kier molecular flexibility index (Phi) is 3.31. The summed E-state index contributed by atoms with van der Waals surface area (Å²) in [5.74, 6) is 0.609. The Labute approximate surface area is 100.0 Å². The fourth-order valence-corrected chi connectivity index (χ4v) is 1.46. The number of pyridine rings is 2. The third-order valence-corrected chi connectivity index (χ3v) is 2.32. The molecule has 1 N–H and O–H groups in total. The largest absolute Gasteiger partial charge is 0.363 e. The molecule has 84 valence electrons. The zero-order valence-electron chi connectivity index (χ0n) is 9.51. The Morgan fingerprint density at radius 2 is 2.18 bits per heavy atom. The van der Waals surface area contributed by atoms with E-state index in [9.17, 15) is 0 Å². The van der Waals surface area contributed by atoms with Gasteiger partial charge < -0.3 is 5.32 Å². The van der Waals surface area contributed by atoms with E-state index in [-0.39, 0.29) is 0 Å². The van der Waals surface area contributed by atoms with Crippen molar-refractivity contribution < 1.29 is 0 Å². The Morgan fingerprint density at radius 1 is 1.29 bits per heavy atom. The summed E-state index contributed by atoms with van der Waals surface area (Å²) in [6.07, 6.45) is 1.74. The molecule has 2 heterocycles. The molecule has 2 rings (SSSR count). The van der Waals surface area contributed by atoms with Crippen molar-refractivity contribution in [2.45, 2.75) is 13.5 Å². The Balaban J connectivity index is 2.14. The summed E-state index contributed by atoms with van der Waals surface area (Å²) in [5, 5.41) is 12.1. The highest BCUT2D eigenvalue weighted by molar-refractivity contribution is 5.52. The van der Waals surface area contributed by atoms with Gasteiger partial charge in [-0.15, -0.1) is 0 Å². The Bertz CT molecular complexity index is 543. The van der Waals surface area contributed by atoms with Crippen molar-refractivity contribution in [1.29, 1.82) is 5.26 Å². The molecule has 2 aromatic rings. The summed E-state index contributed by atoms with van der Waals surface area (Å²) in [4.78, 5) is 8.50. The van der Waals surface area contributed by atoms with Gasteiger partial charge in [-0.3, -0.25) is 4.98 Å². The van der Waals surface area contributed by atoms with Crippen LogP contribution in [0.15, 0.2) is 36.5 Å². The molecule has 0 aromatic carbocycles. The number of aromatic nitrogens is 2. The molecule has 0 radical (unpaired) electrons. The van der Waals surface area contributed by atoms with E-state index in [2.05, 4.69) is 21.4 Å². The van der Waals surface area contributed by atoms with Crippen LogP contribution >= 0.6 is 0 Å². The fourth-order valence-electron chi connectivity index (χ4n) is 1.46. The average molecular weight is 224 g/mol. The lowest BCUT2D eigenvalue weighted by Gasteiger charge is -2.07. The molecule has 2 aromatic heterocycles. The SMILES string of the molecule is Cc1ccc(C#N)c(NCc2ccccn2)n1. The van der Waals surface area contributed by atoms with Crippen molar-refractivity contribution in [1.82, 2.24) is 9.97 Å². The van der Waals surface area contributed by atoms with Crippen LogP contribution in [0.1, 0.15) is 17.0 Å². The molecule has 17 heavy (non-hydrogen) atoms. The third kappa shape index (κ3) is 2.79. The van der Waals surface area contributed by atoms with Gasteiger partial charge in [0.15, 0.2) is 0 Å². The van der Waals surface area contributed by atoms with Crippen molar-refractivity contribution >= 4 is 5.82 Å². The van der Waals surface area contributed by atoms with Crippen LogP contribution in [0.5, 0.6) is 0 Å². The molecule has 4 nitrogen and oxygen atoms in total. The van der Waals surface area contributed by atoms with Gasteiger partial charge in [-0.25, -0.2) is 4.98 Å². The first kappa shape index (κ1) is 11.1. The number of aryl methyl sites for hydroxylation is 1. The van der Waals surface area contributed by atoms with Gasteiger partial charge in [0.1, 0.15) is 11.9 Å². The molecule has 4 heteroatoms. The standard InChI is InChI=1S/C13H12N4/c1-10-5-6-11(8-14)13(17-10)16-9-12-4-2-3-7-15-12/h2-7H,9H2,1H3,(H,16,17). The predicted octanol–water partition coefficient (Wildman–Crippen LogP) is 2.27. The van der Waals surface area contributed by atoms with Crippen LogP contribution in [0.3, 0.4) is 0 Å². The van der Waals surface area contributed by atoms with Crippen molar-refractivity contribution in [2.75, 3.05) is 5.32 Å². The maximum Gasteiger partial charge on any atom is 0.144 e. The molecule has 0 amide bonds. The molecule has 0 bridgehead atoms. The minimum absolute atomic E-state index is 0.548. The topological polar surface area (TPSA) is 61.6 Å². The summed E-state index contributed by atoms with van der Waals surface area (Å²) in [7, 11) is 0. The van der Waals surface area contributed by atoms with Gasteiger partial charge in [0, 0.05) is 11.9 Å². The van der Waals surface area contributed by atoms with E-state index in [1.54, 1.807) is 12.3 Å². The minimum atomic E-state index is 0.548. The maximum absolute atomic E-state index is 8.96. The molecular formula is C13H12N4. The van der Waals surface area contributed by atoms with Gasteiger partial charge in [0.05, 0.1) is 17.8 Å². The van der Waals surface area contributed by atoms with E-state index < -0.39 is 0 Å². The predicted molar refractivity (Wildman–Crippen MR) is 65.3 cm³/mol. The van der Waals surface area contributed by atoms with E-state index in [1.807, 2.05) is 31.2 Å². The van der Waals surface area contributed by atoms with Crippen LogP contribution in [-0.4, -0.2) is 9.97 Å². The summed E-state index contributed by atoms with van der Waals surface area (Å²) in [6, 6.07) is 11.4. The smallest absolute Gasteiger partial charge is 0.144 e. The number of hydrogen-bond donors (Lipinski definition) is 1. The van der Waals surface area contributed by atoms with Gasteiger partial charge in [0.25, 0.3) is 0 Å². The number of anilines is 1. The van der Waals surface area contributed by atoms with E-state index in [0.717, 1.165) is 11.4 Å². The highest BCUT2D eigenvalue weighted by Gasteiger charge is 2.03. The normalized spacial score (nSPS) is 9.65. The number of hydrogen-bond acceptors (Lipinski definition) is 4. The summed E-state index contributed by atoms with van der Waals surface area (Å²) >= 11 is 0. The third-order valence-electron chi connectivity index (χ3n) is 2.32. The number of nitrogens with zero attached hydrogens (tertiary/aromatic N) is 3. The Hall–Kier alpha value is -2.41. The van der Waals surface area contributed by atoms with E-state index in [0.29, 0.717) is 17.9 Å². The van der Waals surface area contributed by atoms with Crippen LogP contribution in [0.2, 0.25) is 0 Å². The van der Waals surface area contributed by atoms with Crippen molar-refractivity contribution in [3.63, 3.8) is 0 Å². The van der Waals surface area contributed by atoms with Crippen LogP contribution in [0.25, 0.3) is 0 Å². The summed E-state index contributed by atoms with van der Waals surface area (Å²) in [5.41, 5.74) is 2.35. The van der Waals surface area contributed by atoms with Crippen LogP contribution < -0.4 is 5.32 Å². The zero-order valence-corrected chi connectivity index (χ0v) is 9.51. The second-order valence-corrected chi connectivity index (χ2v) is 3.64. The van der Waals surface area contributed by atoms with Gasteiger partial charge in [-0.1, -0.05) is 6.07 Å². The lowest BCUT2D eigenvalue weighted by molar-refractivity contribution is 1.02. The molecule has 0 unspecified atom stereocenters. The minimum Gasteiger partial charge on any atom is -0.363 e. The fraction of sp³-hybridized carbons (Fsp3) is 0.154. The van der Waals surface area contributed by atoms with E-state index in [4.69, 9.17) is 5.26 Å². The maximum atomic E-state index is 8.96. The van der Waals surface area contributed by atoms with Crippen molar-refractivity contribution in [3.8, 4) is 6.07 Å². The van der Waals surface area contributed by atoms with Gasteiger partial charge in [-0.2, -0.15) is 5.26 Å². The zero-order chi connectivity index (χ0) is 12.1. The van der Waals surface area contributed by atoms with E-state index in [1.165, 1.54) is 0 Å². The van der Waals surface area contributed by atoms with Gasteiger partial charge in [0.2, 0.25) is 0 Å². The summed E-state index contributed by atoms with van der Waals surface area (Å²) in [6.45, 7) is 2.46. The summed E-state index contributed by atoms with van der Waals surface area (Å²) < 4.78 is 0. The lowest BCUT2D eigenvalue weighted by Crippen LogP contribution is -2.05. The molecule has 0 aliphatic rings. The average Bonchev–Trinajstić information content (AvgIpc) is 2.38. The Morgan fingerprint density at radius 3 is 2.88 bits per heavy atom.